The van der Waals surface area contributed by atoms with Gasteiger partial charge in [-0.05, 0) is 0 Å². The van der Waals surface area contributed by atoms with E-state index < -0.39 is 0 Å². The third-order valence-electron chi connectivity index (χ3n) is 0. The molecule has 0 saturated heterocycles. The van der Waals surface area contributed by atoms with Crippen molar-refractivity contribution in [3.63, 3.8) is 0 Å². The molecule has 0 nitrogen and oxygen atoms in total. The van der Waals surface area contributed by atoms with Crippen LogP contribution >= 0.6 is 0 Å². The van der Waals surface area contributed by atoms with Gasteiger partial charge in [-0.1, -0.05) is 0 Å². The maximum Gasteiger partial charge on any atom is 0 e. The first-order valence-electron chi connectivity index (χ1n) is 2.83. The standard InChI is InChI=1S/4C2H5.Ta/c4*1-2;/h4*1H2,2H3;/q4*-1;. The topological polar surface area (TPSA) is 0 Å². The van der Waals surface area contributed by atoms with Crippen LogP contribution in [-0.2, 0) is 22.4 Å². The van der Waals surface area contributed by atoms with E-state index in [9.17, 15) is 0 Å². The molecule has 0 aromatic carbocycles. The molecule has 0 saturated carbocycles. The summed E-state index contributed by atoms with van der Waals surface area (Å²) in [5.74, 6) is 0. The second-order valence-corrected chi connectivity index (χ2v) is 0. The summed E-state index contributed by atoms with van der Waals surface area (Å²) in [5, 5.41) is 0. The van der Waals surface area contributed by atoms with Gasteiger partial charge in [-0.3, -0.25) is 0 Å². The second-order valence-electron chi connectivity index (χ2n) is 0. The zero-order valence-corrected chi connectivity index (χ0v) is 10.5. The van der Waals surface area contributed by atoms with Crippen LogP contribution in [0.2, 0.25) is 0 Å². The van der Waals surface area contributed by atoms with Gasteiger partial charge in [0.05, 0.1) is 0 Å². The largest absolute Gasteiger partial charge is 0.346 e. The van der Waals surface area contributed by atoms with Gasteiger partial charge in [0.2, 0.25) is 0 Å². The Morgan fingerprint density at radius 1 is 0.444 bits per heavy atom. The Morgan fingerprint density at radius 3 is 0.444 bits per heavy atom. The summed E-state index contributed by atoms with van der Waals surface area (Å²) in [7, 11) is 0. The van der Waals surface area contributed by atoms with Gasteiger partial charge in [0.1, 0.15) is 0 Å². The van der Waals surface area contributed by atoms with Crippen LogP contribution in [0.15, 0.2) is 0 Å². The molecule has 0 heterocycles. The average Bonchev–Trinajstić information content (AvgIpc) is 2.03. The number of rotatable bonds is 0. The molecule has 9 heavy (non-hydrogen) atoms. The van der Waals surface area contributed by atoms with Crippen LogP contribution in [0.1, 0.15) is 27.7 Å². The maximum atomic E-state index is 3.25. The molecule has 1 heteroatoms. The molecular formula is C8H20Ta-4. The minimum absolute atomic E-state index is 0. The minimum Gasteiger partial charge on any atom is -0.346 e. The van der Waals surface area contributed by atoms with E-state index in [-0.39, 0.29) is 22.4 Å². The van der Waals surface area contributed by atoms with E-state index in [0.717, 1.165) is 0 Å². The van der Waals surface area contributed by atoms with Crippen LogP contribution in [-0.4, -0.2) is 0 Å². The van der Waals surface area contributed by atoms with Gasteiger partial charge in [-0.25, -0.2) is 0 Å². The first-order valence-corrected chi connectivity index (χ1v) is 2.83. The summed E-state index contributed by atoms with van der Waals surface area (Å²) in [6.07, 6.45) is 0. The first kappa shape index (κ1) is 33.1. The van der Waals surface area contributed by atoms with Gasteiger partial charge in [-0.2, -0.15) is 27.7 Å². The summed E-state index contributed by atoms with van der Waals surface area (Å²) >= 11 is 0. The van der Waals surface area contributed by atoms with Crippen LogP contribution in [0.25, 0.3) is 0 Å². The summed E-state index contributed by atoms with van der Waals surface area (Å²) in [5.41, 5.74) is 0. The maximum absolute atomic E-state index is 3.25. The van der Waals surface area contributed by atoms with E-state index in [0.29, 0.717) is 0 Å². The van der Waals surface area contributed by atoms with Gasteiger partial charge < -0.3 is 27.7 Å². The summed E-state index contributed by atoms with van der Waals surface area (Å²) < 4.78 is 0. The molecule has 0 aliphatic carbocycles. The van der Waals surface area contributed by atoms with Crippen molar-refractivity contribution in [3.05, 3.63) is 27.7 Å². The molecular weight excluding hydrogens is 277 g/mol. The molecule has 0 aromatic heterocycles. The Bertz CT molecular complexity index is 4.53. The number of hydrogen-bond acceptors (Lipinski definition) is 0. The molecule has 0 spiro atoms. The molecule has 0 fully saturated rings. The molecule has 61 valence electrons. The van der Waals surface area contributed by atoms with Gasteiger partial charge in [0.25, 0.3) is 0 Å². The predicted octanol–water partition coefficient (Wildman–Crippen LogP) is 3.36. The van der Waals surface area contributed by atoms with Crippen molar-refractivity contribution in [2.75, 3.05) is 0 Å². The fourth-order valence-corrected chi connectivity index (χ4v) is 0. The zero-order chi connectivity index (χ0) is 8.00. The average molecular weight is 297 g/mol. The first-order chi connectivity index (χ1) is 4.00. The quantitative estimate of drug-likeness (QED) is 0.601. The molecule has 0 N–H and O–H groups in total. The second kappa shape index (κ2) is 956. The Balaban J connectivity index is -0.00000000762. The van der Waals surface area contributed by atoms with Crippen LogP contribution in [0.5, 0.6) is 0 Å². The molecule has 1 radical (unpaired) electrons. The summed E-state index contributed by atoms with van der Waals surface area (Å²) in [6.45, 7) is 20.0. The van der Waals surface area contributed by atoms with Gasteiger partial charge in [0, 0.05) is 22.4 Å². The summed E-state index contributed by atoms with van der Waals surface area (Å²) in [6, 6.07) is 0. The Hall–Kier alpha value is 0.740. The Kier molecular flexibility index (Phi) is 3520. The molecule has 0 atom stereocenters. The molecule has 0 amide bonds. The van der Waals surface area contributed by atoms with Gasteiger partial charge >= 0.3 is 0 Å². The van der Waals surface area contributed by atoms with Crippen molar-refractivity contribution in [3.8, 4) is 0 Å². The van der Waals surface area contributed by atoms with E-state index >= 15 is 0 Å². The van der Waals surface area contributed by atoms with Crippen LogP contribution in [0.4, 0.5) is 0 Å². The zero-order valence-electron chi connectivity index (χ0n) is 7.28. The van der Waals surface area contributed by atoms with Crippen LogP contribution < -0.4 is 0 Å². The monoisotopic (exact) mass is 297 g/mol. The Labute approximate surface area is 77.9 Å². The third-order valence-corrected chi connectivity index (χ3v) is 0. The van der Waals surface area contributed by atoms with E-state index in [4.69, 9.17) is 0 Å². The molecule has 0 rings (SSSR count). The van der Waals surface area contributed by atoms with Crippen molar-refractivity contribution < 1.29 is 22.4 Å². The van der Waals surface area contributed by atoms with Gasteiger partial charge in [0.15, 0.2) is 0 Å². The van der Waals surface area contributed by atoms with Crippen molar-refractivity contribution in [1.82, 2.24) is 0 Å². The van der Waals surface area contributed by atoms with E-state index in [1.165, 1.54) is 0 Å². The van der Waals surface area contributed by atoms with Crippen LogP contribution in [0.3, 0.4) is 0 Å². The fraction of sp³-hybridized carbons (Fsp3) is 0.500. The number of hydrogen-bond donors (Lipinski definition) is 0. The fourth-order valence-electron chi connectivity index (χ4n) is 0. The molecule has 0 bridgehead atoms. The smallest absolute Gasteiger partial charge is 0 e. The van der Waals surface area contributed by atoms with Crippen molar-refractivity contribution in [2.45, 2.75) is 27.7 Å². The van der Waals surface area contributed by atoms with E-state index in [1.54, 1.807) is 27.7 Å². The van der Waals surface area contributed by atoms with Crippen molar-refractivity contribution in [1.29, 1.82) is 0 Å². The van der Waals surface area contributed by atoms with Gasteiger partial charge in [-0.15, -0.1) is 0 Å². The molecule has 0 aromatic rings. The van der Waals surface area contributed by atoms with Crippen LogP contribution in [0, 0.1) is 27.7 Å². The molecule has 0 aliphatic rings. The Morgan fingerprint density at radius 2 is 0.444 bits per heavy atom. The van der Waals surface area contributed by atoms with Crippen molar-refractivity contribution in [2.24, 2.45) is 0 Å². The predicted molar refractivity (Wildman–Crippen MR) is 44.1 cm³/mol. The molecule has 0 aliphatic heterocycles. The third kappa shape index (κ3) is 725. The van der Waals surface area contributed by atoms with E-state index in [1.807, 2.05) is 0 Å². The summed E-state index contributed by atoms with van der Waals surface area (Å²) in [4.78, 5) is 0. The SMILES string of the molecule is [CH2-]C.[CH2-]C.[CH2-]C.[CH2-]C.[Ta]. The van der Waals surface area contributed by atoms with Crippen molar-refractivity contribution >= 4 is 0 Å². The molecule has 0 unspecified atom stereocenters. The van der Waals surface area contributed by atoms with E-state index in [2.05, 4.69) is 27.7 Å². The minimum atomic E-state index is 0. The normalized spacial score (nSPS) is 2.67.